The third-order valence-corrected chi connectivity index (χ3v) is 2.49. The highest BCUT2D eigenvalue weighted by Crippen LogP contribution is 2.35. The molecule has 7 nitrogen and oxygen atoms in total. The Morgan fingerprint density at radius 3 is 2.36 bits per heavy atom. The molecule has 0 bridgehead atoms. The van der Waals surface area contributed by atoms with Crippen LogP contribution in [0.15, 0.2) is 50.1 Å². The van der Waals surface area contributed by atoms with Gasteiger partial charge in [0.25, 0.3) is 0 Å². The van der Waals surface area contributed by atoms with Crippen molar-refractivity contribution in [2.45, 2.75) is 6.18 Å². The van der Waals surface area contributed by atoms with Crippen LogP contribution >= 0.6 is 0 Å². The van der Waals surface area contributed by atoms with Gasteiger partial charge in [-0.15, -0.1) is 15.3 Å². The first-order chi connectivity index (χ1) is 10.3. The van der Waals surface area contributed by atoms with E-state index in [4.69, 9.17) is 15.1 Å². The van der Waals surface area contributed by atoms with E-state index in [1.807, 2.05) is 0 Å². The maximum atomic E-state index is 12.8. The Morgan fingerprint density at radius 1 is 1.14 bits per heavy atom. The Bertz CT molecular complexity index is 752. The molecule has 0 amide bonds. The molecule has 2 aromatic rings. The van der Waals surface area contributed by atoms with Crippen LogP contribution in [0.3, 0.4) is 0 Å². The Morgan fingerprint density at radius 2 is 1.82 bits per heavy atom. The third-order valence-electron chi connectivity index (χ3n) is 2.49. The summed E-state index contributed by atoms with van der Waals surface area (Å²) in [4.78, 5) is 10.8. The van der Waals surface area contributed by atoms with Gasteiger partial charge in [-0.25, -0.2) is 10.3 Å². The molecule has 1 aromatic heterocycles. The topological polar surface area (TPSA) is 111 Å². The van der Waals surface area contributed by atoms with Crippen LogP contribution in [-0.2, 0) is 6.18 Å². The lowest BCUT2D eigenvalue weighted by Gasteiger charge is -2.10. The van der Waals surface area contributed by atoms with Crippen LogP contribution in [-0.4, -0.2) is 11.1 Å². The first-order valence-electron chi connectivity index (χ1n) is 5.65. The molecule has 0 aliphatic heterocycles. The van der Waals surface area contributed by atoms with E-state index in [0.717, 1.165) is 12.1 Å². The molecule has 0 fully saturated rings. The van der Waals surface area contributed by atoms with Gasteiger partial charge in [0.2, 0.25) is 11.8 Å². The molecule has 22 heavy (non-hydrogen) atoms. The summed E-state index contributed by atoms with van der Waals surface area (Å²) in [6.45, 7) is 0. The van der Waals surface area contributed by atoms with E-state index in [1.54, 1.807) is 0 Å². The van der Waals surface area contributed by atoms with E-state index in [1.165, 1.54) is 12.1 Å². The second-order valence-electron chi connectivity index (χ2n) is 3.96. The van der Waals surface area contributed by atoms with Crippen molar-refractivity contribution in [2.75, 3.05) is 0 Å². The van der Waals surface area contributed by atoms with E-state index < -0.39 is 23.3 Å². The van der Waals surface area contributed by atoms with Crippen molar-refractivity contribution in [3.63, 3.8) is 0 Å². The molecule has 10 heteroatoms. The lowest BCUT2D eigenvalue weighted by atomic mass is 10.1. The van der Waals surface area contributed by atoms with Crippen molar-refractivity contribution < 1.29 is 27.5 Å². The number of azo groups is 1. The highest BCUT2D eigenvalue weighted by molar-refractivity contribution is 5.90. The normalized spacial score (nSPS) is 11.8. The highest BCUT2D eigenvalue weighted by Gasteiger charge is 2.35. The van der Waals surface area contributed by atoms with Crippen LogP contribution in [0, 0.1) is 5.53 Å². The first-order valence-corrected chi connectivity index (χ1v) is 5.65. The number of carboxylic acids is 1. The molecule has 1 aromatic carbocycles. The van der Waals surface area contributed by atoms with Gasteiger partial charge in [-0.2, -0.15) is 13.2 Å². The minimum absolute atomic E-state index is 0.0360. The number of benzene rings is 1. The quantitative estimate of drug-likeness (QED) is 0.768. The van der Waals surface area contributed by atoms with Gasteiger partial charge in [0.15, 0.2) is 0 Å². The molecule has 2 N–H and O–H groups in total. The van der Waals surface area contributed by atoms with Crippen molar-refractivity contribution in [1.29, 1.82) is 5.53 Å². The van der Waals surface area contributed by atoms with E-state index in [0.29, 0.717) is 6.07 Å². The van der Waals surface area contributed by atoms with Gasteiger partial charge in [0.1, 0.15) is 0 Å². The minimum atomic E-state index is -4.83. The summed E-state index contributed by atoms with van der Waals surface area (Å²) in [5.41, 5.74) is 4.30. The largest absolute Gasteiger partial charge is 0.478 e. The van der Waals surface area contributed by atoms with Crippen LogP contribution in [0.1, 0.15) is 15.9 Å². The van der Waals surface area contributed by atoms with Crippen LogP contribution in [0.25, 0.3) is 0 Å². The lowest BCUT2D eigenvalue weighted by molar-refractivity contribution is -0.138. The third kappa shape index (κ3) is 3.34. The second-order valence-corrected chi connectivity index (χ2v) is 3.96. The maximum absolute atomic E-state index is 12.8. The smallest absolute Gasteiger partial charge is 0.417 e. The van der Waals surface area contributed by atoms with Gasteiger partial charge in [-0.05, 0) is 18.2 Å². The van der Waals surface area contributed by atoms with Gasteiger partial charge >= 0.3 is 12.1 Å². The van der Waals surface area contributed by atoms with Gasteiger partial charge in [-0.1, -0.05) is 0 Å². The summed E-state index contributed by atoms with van der Waals surface area (Å²) in [6.07, 6.45) is -4.83. The number of furan rings is 1. The summed E-state index contributed by atoms with van der Waals surface area (Å²) in [5, 5.41) is 18.8. The predicted octanol–water partition coefficient (Wildman–Crippen LogP) is 5.07. The Balaban J connectivity index is 2.36. The fraction of sp³-hybridized carbons (Fsp3) is 0.0833. The fourth-order valence-electron chi connectivity index (χ4n) is 1.55. The number of aromatic carboxylic acids is 1. The number of halogens is 3. The molecule has 0 saturated carbocycles. The highest BCUT2D eigenvalue weighted by atomic mass is 19.4. The molecule has 0 aliphatic rings. The number of carbonyl (C=O) groups is 1. The van der Waals surface area contributed by atoms with Crippen molar-refractivity contribution >= 4 is 23.4 Å². The number of rotatable bonds is 4. The number of alkyl halides is 3. The molecule has 0 unspecified atom stereocenters. The van der Waals surface area contributed by atoms with Crippen molar-refractivity contribution in [3.8, 4) is 0 Å². The molecule has 2 rings (SSSR count). The van der Waals surface area contributed by atoms with Gasteiger partial charge < -0.3 is 9.52 Å². The van der Waals surface area contributed by atoms with Crippen molar-refractivity contribution in [2.24, 2.45) is 15.3 Å². The number of hydrogen-bond acceptors (Lipinski definition) is 6. The van der Waals surface area contributed by atoms with E-state index in [-0.39, 0.29) is 17.5 Å². The number of carboxylic acid groups (broad SMARTS) is 1. The molecule has 0 spiro atoms. The fourth-order valence-corrected chi connectivity index (χ4v) is 1.55. The standard InChI is InChI=1S/C12H7F3N4O3/c13-12(14,15)8-5-6(1-2-7(8)11(20)21)18-19-10-4-3-9(17-16)22-10/h1-5,16H,(H,20,21). The number of nitrogens with zero attached hydrogens (tertiary/aromatic N) is 3. The van der Waals surface area contributed by atoms with E-state index in [2.05, 4.69) is 15.3 Å². The van der Waals surface area contributed by atoms with Gasteiger partial charge in [0, 0.05) is 12.1 Å². The zero-order valence-corrected chi connectivity index (χ0v) is 10.6. The van der Waals surface area contributed by atoms with Gasteiger partial charge in [0.05, 0.1) is 16.8 Å². The lowest BCUT2D eigenvalue weighted by Crippen LogP contribution is -2.12. The summed E-state index contributed by atoms with van der Waals surface area (Å²) < 4.78 is 43.3. The molecular weight excluding hydrogens is 305 g/mol. The zero-order chi connectivity index (χ0) is 16.3. The zero-order valence-electron chi connectivity index (χ0n) is 10.6. The Hall–Kier alpha value is -3.04. The van der Waals surface area contributed by atoms with Crippen LogP contribution < -0.4 is 0 Å². The molecule has 114 valence electrons. The van der Waals surface area contributed by atoms with Crippen LogP contribution in [0.5, 0.6) is 0 Å². The number of nitrogens with one attached hydrogen (secondary N) is 1. The Labute approximate surface area is 120 Å². The molecule has 0 radical (unpaired) electrons. The summed E-state index contributed by atoms with van der Waals surface area (Å²) in [6, 6.07) is 5.11. The summed E-state index contributed by atoms with van der Waals surface area (Å²) >= 11 is 0. The molecule has 0 aliphatic carbocycles. The molecule has 0 saturated heterocycles. The Kier molecular flexibility index (Phi) is 4.02. The van der Waals surface area contributed by atoms with Gasteiger partial charge in [-0.3, -0.25) is 0 Å². The average Bonchev–Trinajstić information content (AvgIpc) is 2.91. The predicted molar refractivity (Wildman–Crippen MR) is 66.1 cm³/mol. The van der Waals surface area contributed by atoms with Crippen LogP contribution in [0.4, 0.5) is 30.6 Å². The molecule has 1 heterocycles. The monoisotopic (exact) mass is 312 g/mol. The second kappa shape index (κ2) is 5.76. The van der Waals surface area contributed by atoms with Crippen LogP contribution in [0.2, 0.25) is 0 Å². The van der Waals surface area contributed by atoms with Crippen molar-refractivity contribution in [3.05, 3.63) is 41.5 Å². The molecule has 0 atom stereocenters. The van der Waals surface area contributed by atoms with Crippen molar-refractivity contribution in [1.82, 2.24) is 0 Å². The summed E-state index contributed by atoms with van der Waals surface area (Å²) in [7, 11) is 0. The summed E-state index contributed by atoms with van der Waals surface area (Å²) in [5.74, 6) is -1.78. The number of hydrogen-bond donors (Lipinski definition) is 2. The van der Waals surface area contributed by atoms with E-state index >= 15 is 0 Å². The minimum Gasteiger partial charge on any atom is -0.478 e. The van der Waals surface area contributed by atoms with E-state index in [9.17, 15) is 18.0 Å². The average molecular weight is 312 g/mol. The maximum Gasteiger partial charge on any atom is 0.417 e. The first kappa shape index (κ1) is 15.4. The SMILES string of the molecule is N=Nc1ccc(N=Nc2ccc(C(=O)O)c(C(F)(F)F)c2)o1. The molecular formula is C12H7F3N4O3.